The number of nitriles is 1. The van der Waals surface area contributed by atoms with Gasteiger partial charge in [0.1, 0.15) is 0 Å². The number of nitrogens with zero attached hydrogens (tertiary/aromatic N) is 1. The van der Waals surface area contributed by atoms with Gasteiger partial charge in [-0.1, -0.05) is 38.2 Å². The molecule has 12 heavy (non-hydrogen) atoms. The van der Waals surface area contributed by atoms with Crippen LogP contribution < -0.4 is 0 Å². The van der Waals surface area contributed by atoms with Crippen LogP contribution in [0.3, 0.4) is 0 Å². The summed E-state index contributed by atoms with van der Waals surface area (Å²) in [4.78, 5) is 0. The molecule has 0 aromatic heterocycles. The fourth-order valence-corrected chi connectivity index (χ4v) is 0.468. The SMILES string of the molecule is C/C=C(C#N)/C=C/C=C/C.CC. The van der Waals surface area contributed by atoms with E-state index in [0.717, 1.165) is 0 Å². The largest absolute Gasteiger partial charge is 0.192 e. The van der Waals surface area contributed by atoms with Gasteiger partial charge in [0.2, 0.25) is 0 Å². The average molecular weight is 163 g/mol. The molecule has 0 aliphatic heterocycles. The zero-order valence-electron chi connectivity index (χ0n) is 8.33. The van der Waals surface area contributed by atoms with Gasteiger partial charge in [-0.15, -0.1) is 0 Å². The lowest BCUT2D eigenvalue weighted by Gasteiger charge is -1.79. The van der Waals surface area contributed by atoms with Crippen molar-refractivity contribution in [1.29, 1.82) is 5.26 Å². The molecule has 0 aliphatic carbocycles. The first-order valence-electron chi connectivity index (χ1n) is 4.21. The monoisotopic (exact) mass is 163 g/mol. The summed E-state index contributed by atoms with van der Waals surface area (Å²) in [5, 5.41) is 8.43. The summed E-state index contributed by atoms with van der Waals surface area (Å²) in [6.07, 6.45) is 9.21. The van der Waals surface area contributed by atoms with Crippen LogP contribution in [0.2, 0.25) is 0 Å². The van der Waals surface area contributed by atoms with E-state index in [1.807, 2.05) is 45.9 Å². The molecule has 0 saturated carbocycles. The molecule has 1 nitrogen and oxygen atoms in total. The maximum Gasteiger partial charge on any atom is 0.0988 e. The standard InChI is InChI=1S/C9H11N.C2H6/c1-3-5-6-7-9(4-2)8-10;1-2/h3-7H,1-2H3;1-2H3/b5-3+,7-6+,9-4-;. The van der Waals surface area contributed by atoms with Crippen molar-refractivity contribution in [2.75, 3.05) is 0 Å². The van der Waals surface area contributed by atoms with Crippen molar-refractivity contribution in [2.24, 2.45) is 0 Å². The Balaban J connectivity index is 0. The van der Waals surface area contributed by atoms with E-state index in [0.29, 0.717) is 5.57 Å². The maximum absolute atomic E-state index is 8.43. The lowest BCUT2D eigenvalue weighted by Crippen LogP contribution is -1.66. The number of hydrogen-bond donors (Lipinski definition) is 0. The summed E-state index contributed by atoms with van der Waals surface area (Å²) < 4.78 is 0. The Morgan fingerprint density at radius 2 is 1.75 bits per heavy atom. The third-order valence-corrected chi connectivity index (χ3v) is 1.02. The smallest absolute Gasteiger partial charge is 0.0988 e. The van der Waals surface area contributed by atoms with Crippen LogP contribution in [0.25, 0.3) is 0 Å². The van der Waals surface area contributed by atoms with E-state index in [2.05, 4.69) is 6.07 Å². The van der Waals surface area contributed by atoms with Gasteiger partial charge in [0.15, 0.2) is 0 Å². The maximum atomic E-state index is 8.43. The molecule has 0 spiro atoms. The molecular weight excluding hydrogens is 146 g/mol. The molecule has 0 bridgehead atoms. The number of allylic oxidation sites excluding steroid dienone is 6. The molecule has 0 aliphatic rings. The molecule has 0 heterocycles. The Bertz CT molecular complexity index is 202. The zero-order chi connectivity index (χ0) is 9.82. The van der Waals surface area contributed by atoms with Crippen LogP contribution in [0.5, 0.6) is 0 Å². The van der Waals surface area contributed by atoms with Crippen molar-refractivity contribution in [3.63, 3.8) is 0 Å². The van der Waals surface area contributed by atoms with E-state index in [1.54, 1.807) is 12.2 Å². The van der Waals surface area contributed by atoms with E-state index < -0.39 is 0 Å². The second-order valence-corrected chi connectivity index (χ2v) is 1.74. The van der Waals surface area contributed by atoms with E-state index in [9.17, 15) is 0 Å². The molecule has 0 unspecified atom stereocenters. The van der Waals surface area contributed by atoms with Crippen LogP contribution in [-0.2, 0) is 0 Å². The van der Waals surface area contributed by atoms with Gasteiger partial charge in [0.05, 0.1) is 6.07 Å². The highest BCUT2D eigenvalue weighted by molar-refractivity contribution is 5.33. The summed E-state index contributed by atoms with van der Waals surface area (Å²) >= 11 is 0. The molecule has 0 amide bonds. The van der Waals surface area contributed by atoms with Gasteiger partial charge in [-0.2, -0.15) is 5.26 Å². The van der Waals surface area contributed by atoms with Crippen LogP contribution >= 0.6 is 0 Å². The molecule has 0 aromatic rings. The van der Waals surface area contributed by atoms with Crippen LogP contribution in [0, 0.1) is 11.3 Å². The van der Waals surface area contributed by atoms with Gasteiger partial charge < -0.3 is 0 Å². The van der Waals surface area contributed by atoms with E-state index in [4.69, 9.17) is 5.26 Å². The van der Waals surface area contributed by atoms with Gasteiger partial charge in [0.25, 0.3) is 0 Å². The van der Waals surface area contributed by atoms with Gasteiger partial charge in [0, 0.05) is 5.57 Å². The molecule has 0 rings (SSSR count). The quantitative estimate of drug-likeness (QED) is 0.450. The van der Waals surface area contributed by atoms with Crippen LogP contribution in [-0.4, -0.2) is 0 Å². The number of rotatable bonds is 2. The lowest BCUT2D eigenvalue weighted by molar-refractivity contribution is 1.48. The summed E-state index contributed by atoms with van der Waals surface area (Å²) in [6, 6.07) is 2.05. The first-order chi connectivity index (χ1) is 5.85. The van der Waals surface area contributed by atoms with E-state index in [-0.39, 0.29) is 0 Å². The van der Waals surface area contributed by atoms with Crippen molar-refractivity contribution in [1.82, 2.24) is 0 Å². The summed E-state index contributed by atoms with van der Waals surface area (Å²) in [5.74, 6) is 0. The van der Waals surface area contributed by atoms with Crippen molar-refractivity contribution in [3.8, 4) is 6.07 Å². The molecule has 0 fully saturated rings. The highest BCUT2D eigenvalue weighted by atomic mass is 14.2. The summed E-state index contributed by atoms with van der Waals surface area (Å²) in [5.41, 5.74) is 0.693. The summed E-state index contributed by atoms with van der Waals surface area (Å²) in [7, 11) is 0. The van der Waals surface area contributed by atoms with Crippen LogP contribution in [0.15, 0.2) is 36.0 Å². The Morgan fingerprint density at radius 3 is 2.08 bits per heavy atom. The molecule has 0 saturated heterocycles. The molecular formula is C11H17N. The Morgan fingerprint density at radius 1 is 1.17 bits per heavy atom. The van der Waals surface area contributed by atoms with Gasteiger partial charge >= 0.3 is 0 Å². The topological polar surface area (TPSA) is 23.8 Å². The highest BCUT2D eigenvalue weighted by Gasteiger charge is 1.80. The predicted molar refractivity (Wildman–Crippen MR) is 54.7 cm³/mol. The molecule has 1 heteroatoms. The van der Waals surface area contributed by atoms with E-state index >= 15 is 0 Å². The van der Waals surface area contributed by atoms with E-state index in [1.165, 1.54) is 0 Å². The van der Waals surface area contributed by atoms with Crippen molar-refractivity contribution in [3.05, 3.63) is 36.0 Å². The zero-order valence-corrected chi connectivity index (χ0v) is 8.33. The first kappa shape index (κ1) is 13.3. The van der Waals surface area contributed by atoms with Crippen molar-refractivity contribution in [2.45, 2.75) is 27.7 Å². The second kappa shape index (κ2) is 12.4. The third kappa shape index (κ3) is 8.71. The predicted octanol–water partition coefficient (Wildman–Crippen LogP) is 3.61. The van der Waals surface area contributed by atoms with Gasteiger partial charge in [-0.05, 0) is 19.9 Å². The second-order valence-electron chi connectivity index (χ2n) is 1.74. The van der Waals surface area contributed by atoms with Crippen molar-refractivity contribution < 1.29 is 0 Å². The van der Waals surface area contributed by atoms with Crippen LogP contribution in [0.4, 0.5) is 0 Å². The van der Waals surface area contributed by atoms with Crippen LogP contribution in [0.1, 0.15) is 27.7 Å². The Labute approximate surface area is 75.7 Å². The highest BCUT2D eigenvalue weighted by Crippen LogP contribution is 1.93. The minimum absolute atomic E-state index is 0.693. The Hall–Kier alpha value is -1.29. The molecule has 0 atom stereocenters. The lowest BCUT2D eigenvalue weighted by atomic mass is 10.2. The minimum Gasteiger partial charge on any atom is -0.192 e. The first-order valence-corrected chi connectivity index (χ1v) is 4.21. The average Bonchev–Trinajstić information content (AvgIpc) is 2.16. The molecule has 0 aromatic carbocycles. The molecule has 0 radical (unpaired) electrons. The fraction of sp³-hybridized carbons (Fsp3) is 0.364. The summed E-state index contributed by atoms with van der Waals surface area (Å²) in [6.45, 7) is 7.78. The van der Waals surface area contributed by atoms with Gasteiger partial charge in [-0.3, -0.25) is 0 Å². The molecule has 66 valence electrons. The fourth-order valence-electron chi connectivity index (χ4n) is 0.468. The van der Waals surface area contributed by atoms with Crippen molar-refractivity contribution >= 4 is 0 Å². The number of hydrogen-bond acceptors (Lipinski definition) is 1. The molecule has 0 N–H and O–H groups in total. The van der Waals surface area contributed by atoms with Gasteiger partial charge in [-0.25, -0.2) is 0 Å². The Kier molecular flexibility index (Phi) is 13.7. The third-order valence-electron chi connectivity index (χ3n) is 1.02. The minimum atomic E-state index is 0.693. The normalized spacial score (nSPS) is 11.1.